The van der Waals surface area contributed by atoms with Gasteiger partial charge in [0.2, 0.25) is 0 Å². The Bertz CT molecular complexity index is 417. The smallest absolute Gasteiger partial charge is 0.305 e. The molecule has 0 radical (unpaired) electrons. The van der Waals surface area contributed by atoms with Gasteiger partial charge in [-0.1, -0.05) is 57.6 Å². The van der Waals surface area contributed by atoms with Crippen molar-refractivity contribution in [3.05, 3.63) is 12.2 Å². The molecule has 0 aromatic rings. The molecule has 5 heteroatoms. The molecule has 3 unspecified atom stereocenters. The number of esters is 1. The summed E-state index contributed by atoms with van der Waals surface area (Å²) in [7, 11) is 0. The predicted octanol–water partition coefficient (Wildman–Crippen LogP) is 4.93. The van der Waals surface area contributed by atoms with Crippen molar-refractivity contribution >= 4 is 5.97 Å². The maximum atomic E-state index is 11.6. The number of hydrogen-bond donors (Lipinski definition) is 0. The molecule has 27 heavy (non-hydrogen) atoms. The number of allylic oxidation sites excluding steroid dienone is 1. The number of epoxide rings is 1. The molecule has 2 aliphatic rings. The van der Waals surface area contributed by atoms with Crippen LogP contribution in [-0.4, -0.2) is 44.3 Å². The zero-order valence-electron chi connectivity index (χ0n) is 17.0. The summed E-state index contributed by atoms with van der Waals surface area (Å²) in [5.74, 6) is -0.123. The van der Waals surface area contributed by atoms with Gasteiger partial charge in [0.05, 0.1) is 18.8 Å². The second kappa shape index (κ2) is 14.1. The van der Waals surface area contributed by atoms with E-state index >= 15 is 0 Å². The highest BCUT2D eigenvalue weighted by molar-refractivity contribution is 5.69. The van der Waals surface area contributed by atoms with Gasteiger partial charge in [-0.2, -0.15) is 0 Å². The molecule has 0 amide bonds. The van der Waals surface area contributed by atoms with E-state index in [1.165, 1.54) is 51.4 Å². The van der Waals surface area contributed by atoms with Gasteiger partial charge in [-0.05, 0) is 32.1 Å². The molecule has 0 bridgehead atoms. The summed E-state index contributed by atoms with van der Waals surface area (Å²) >= 11 is 0. The minimum Gasteiger partial charge on any atom is -0.463 e. The molecule has 156 valence electrons. The summed E-state index contributed by atoms with van der Waals surface area (Å²) < 4.78 is 21.2. The van der Waals surface area contributed by atoms with Crippen LogP contribution in [0.1, 0.15) is 84.0 Å². The highest BCUT2D eigenvalue weighted by atomic mass is 16.7. The van der Waals surface area contributed by atoms with Crippen LogP contribution in [0.2, 0.25) is 0 Å². The van der Waals surface area contributed by atoms with Gasteiger partial charge in [0.1, 0.15) is 19.5 Å². The van der Waals surface area contributed by atoms with Gasteiger partial charge < -0.3 is 18.9 Å². The molecular formula is C22H38O5. The number of carbonyl (C=O) groups excluding carboxylic acids is 1. The zero-order chi connectivity index (χ0) is 19.2. The number of rotatable bonds is 16. The number of ether oxygens (including phenoxy) is 4. The van der Waals surface area contributed by atoms with E-state index in [0.29, 0.717) is 38.6 Å². The van der Waals surface area contributed by atoms with E-state index in [2.05, 4.69) is 19.1 Å². The molecule has 0 spiro atoms. The number of unbranched alkanes of at least 4 members (excludes halogenated alkanes) is 7. The van der Waals surface area contributed by atoms with Crippen LogP contribution in [0, 0.1) is 0 Å². The van der Waals surface area contributed by atoms with Crippen LogP contribution in [-0.2, 0) is 23.7 Å². The average Bonchev–Trinajstić information content (AvgIpc) is 3.20. The minimum absolute atomic E-state index is 0.0843. The van der Waals surface area contributed by atoms with E-state index in [1.54, 1.807) is 0 Å². The SMILES string of the molecule is CCCCC/C=C\CC1OC1CCCCCCCC(=O)OCC1COCO1. The Kier molecular flexibility index (Phi) is 11.7. The molecule has 0 aliphatic carbocycles. The molecule has 2 aliphatic heterocycles. The highest BCUT2D eigenvalue weighted by Crippen LogP contribution is 2.30. The lowest BCUT2D eigenvalue weighted by Crippen LogP contribution is -2.20. The normalized spacial score (nSPS) is 24.6. The van der Waals surface area contributed by atoms with E-state index in [0.717, 1.165) is 19.3 Å². The van der Waals surface area contributed by atoms with Gasteiger partial charge in [-0.15, -0.1) is 0 Å². The second-order valence-electron chi connectivity index (χ2n) is 7.68. The number of hydrogen-bond acceptors (Lipinski definition) is 5. The van der Waals surface area contributed by atoms with E-state index in [1.807, 2.05) is 0 Å². The van der Waals surface area contributed by atoms with Crippen LogP contribution < -0.4 is 0 Å². The molecule has 3 atom stereocenters. The molecule has 2 rings (SSSR count). The standard InChI is InChI=1S/C22H38O5/c1-2-3-4-5-7-10-13-20-21(27-20)14-11-8-6-9-12-15-22(23)25-17-19-16-24-18-26-19/h7,10,19-21H,2-6,8-9,11-18H2,1H3/b10-7-. The van der Waals surface area contributed by atoms with Crippen LogP contribution in [0.15, 0.2) is 12.2 Å². The van der Waals surface area contributed by atoms with Crippen molar-refractivity contribution in [3.8, 4) is 0 Å². The van der Waals surface area contributed by atoms with E-state index < -0.39 is 0 Å². The van der Waals surface area contributed by atoms with Crippen LogP contribution in [0.3, 0.4) is 0 Å². The molecule has 2 fully saturated rings. The maximum Gasteiger partial charge on any atom is 0.305 e. The molecular weight excluding hydrogens is 344 g/mol. The molecule has 0 saturated carbocycles. The largest absolute Gasteiger partial charge is 0.463 e. The van der Waals surface area contributed by atoms with Crippen molar-refractivity contribution in [1.29, 1.82) is 0 Å². The Balaban J connectivity index is 1.31. The molecule has 2 heterocycles. The van der Waals surface area contributed by atoms with Gasteiger partial charge in [-0.3, -0.25) is 4.79 Å². The lowest BCUT2D eigenvalue weighted by atomic mass is 10.1. The van der Waals surface area contributed by atoms with Crippen molar-refractivity contribution in [2.45, 2.75) is 102 Å². The van der Waals surface area contributed by atoms with Gasteiger partial charge in [0, 0.05) is 6.42 Å². The Morgan fingerprint density at radius 1 is 1.04 bits per heavy atom. The van der Waals surface area contributed by atoms with Gasteiger partial charge in [0.25, 0.3) is 0 Å². The lowest BCUT2D eigenvalue weighted by molar-refractivity contribution is -0.146. The van der Waals surface area contributed by atoms with Gasteiger partial charge in [0.15, 0.2) is 0 Å². The summed E-state index contributed by atoms with van der Waals surface area (Å²) in [6, 6.07) is 0. The Morgan fingerprint density at radius 2 is 1.89 bits per heavy atom. The first kappa shape index (κ1) is 22.4. The highest BCUT2D eigenvalue weighted by Gasteiger charge is 2.36. The van der Waals surface area contributed by atoms with E-state index in [9.17, 15) is 4.79 Å². The molecule has 0 aromatic carbocycles. The second-order valence-corrected chi connectivity index (χ2v) is 7.68. The third-order valence-electron chi connectivity index (χ3n) is 5.19. The third-order valence-corrected chi connectivity index (χ3v) is 5.19. The van der Waals surface area contributed by atoms with Crippen molar-refractivity contribution in [2.24, 2.45) is 0 Å². The average molecular weight is 383 g/mol. The van der Waals surface area contributed by atoms with Crippen LogP contribution in [0.25, 0.3) is 0 Å². The fourth-order valence-electron chi connectivity index (χ4n) is 3.37. The first-order valence-corrected chi connectivity index (χ1v) is 10.9. The first-order chi connectivity index (χ1) is 13.3. The van der Waals surface area contributed by atoms with Crippen LogP contribution in [0.4, 0.5) is 0 Å². The fourth-order valence-corrected chi connectivity index (χ4v) is 3.37. The van der Waals surface area contributed by atoms with Crippen molar-refractivity contribution in [2.75, 3.05) is 20.0 Å². The molecule has 0 N–H and O–H groups in total. The van der Waals surface area contributed by atoms with Crippen molar-refractivity contribution in [1.82, 2.24) is 0 Å². The summed E-state index contributed by atoms with van der Waals surface area (Å²) in [5.41, 5.74) is 0. The molecule has 2 saturated heterocycles. The van der Waals surface area contributed by atoms with Gasteiger partial charge in [-0.25, -0.2) is 0 Å². The quantitative estimate of drug-likeness (QED) is 0.164. The molecule has 5 nitrogen and oxygen atoms in total. The Hall–Kier alpha value is -0.910. The fraction of sp³-hybridized carbons (Fsp3) is 0.864. The van der Waals surface area contributed by atoms with Crippen LogP contribution in [0.5, 0.6) is 0 Å². The Labute approximate surface area is 164 Å². The first-order valence-electron chi connectivity index (χ1n) is 10.9. The molecule has 0 aromatic heterocycles. The summed E-state index contributed by atoms with van der Waals surface area (Å²) in [6.45, 7) is 3.39. The topological polar surface area (TPSA) is 57.3 Å². The van der Waals surface area contributed by atoms with Crippen molar-refractivity contribution in [3.63, 3.8) is 0 Å². The van der Waals surface area contributed by atoms with Crippen LogP contribution >= 0.6 is 0 Å². The van der Waals surface area contributed by atoms with E-state index in [-0.39, 0.29) is 12.1 Å². The summed E-state index contributed by atoms with van der Waals surface area (Å²) in [4.78, 5) is 11.6. The predicted molar refractivity (Wildman–Crippen MR) is 106 cm³/mol. The van der Waals surface area contributed by atoms with Crippen molar-refractivity contribution < 1.29 is 23.7 Å². The number of carbonyl (C=O) groups is 1. The lowest BCUT2D eigenvalue weighted by Gasteiger charge is -2.08. The summed E-state index contributed by atoms with van der Waals surface area (Å²) in [5, 5.41) is 0. The van der Waals surface area contributed by atoms with Gasteiger partial charge >= 0.3 is 5.97 Å². The third kappa shape index (κ3) is 10.9. The summed E-state index contributed by atoms with van der Waals surface area (Å²) in [6.07, 6.45) is 19.0. The monoisotopic (exact) mass is 382 g/mol. The zero-order valence-corrected chi connectivity index (χ0v) is 17.0. The maximum absolute atomic E-state index is 11.6. The van der Waals surface area contributed by atoms with E-state index in [4.69, 9.17) is 18.9 Å². The Morgan fingerprint density at radius 3 is 2.70 bits per heavy atom. The minimum atomic E-state index is -0.123.